The SMILES string of the molecule is Cc1ccc(-c2oc3cc(N(S(C)(=O)=O)S(C)(=O)=O)c(C4CC4)cc3c2I)cc1. The summed E-state index contributed by atoms with van der Waals surface area (Å²) < 4.78 is 56.9. The van der Waals surface area contributed by atoms with Crippen molar-refractivity contribution in [2.24, 2.45) is 0 Å². The third-order valence-electron chi connectivity index (χ3n) is 4.91. The van der Waals surface area contributed by atoms with Crippen LogP contribution in [0, 0.1) is 10.5 Å². The summed E-state index contributed by atoms with van der Waals surface area (Å²) in [6.07, 6.45) is 3.61. The Labute approximate surface area is 184 Å². The number of fused-ring (bicyclic) bond motifs is 1. The van der Waals surface area contributed by atoms with Gasteiger partial charge in [0.15, 0.2) is 0 Å². The Morgan fingerprint density at radius 1 is 1.00 bits per heavy atom. The van der Waals surface area contributed by atoms with Gasteiger partial charge in [-0.2, -0.15) is 3.71 Å². The van der Waals surface area contributed by atoms with E-state index in [2.05, 4.69) is 22.6 Å². The van der Waals surface area contributed by atoms with Crippen molar-refractivity contribution in [3.8, 4) is 11.3 Å². The molecular weight excluding hydrogens is 525 g/mol. The van der Waals surface area contributed by atoms with Crippen LogP contribution in [0.25, 0.3) is 22.3 Å². The van der Waals surface area contributed by atoms with Crippen LogP contribution < -0.4 is 3.71 Å². The minimum Gasteiger partial charge on any atom is -0.455 e. The van der Waals surface area contributed by atoms with E-state index >= 15 is 0 Å². The third-order valence-corrected chi connectivity index (χ3v) is 9.20. The van der Waals surface area contributed by atoms with Gasteiger partial charge < -0.3 is 4.42 Å². The smallest absolute Gasteiger partial charge is 0.245 e. The Morgan fingerprint density at radius 3 is 2.10 bits per heavy atom. The number of hydrogen-bond donors (Lipinski definition) is 0. The lowest BCUT2D eigenvalue weighted by Crippen LogP contribution is -2.35. The lowest BCUT2D eigenvalue weighted by atomic mass is 10.1. The molecule has 0 amide bonds. The molecule has 0 bridgehead atoms. The van der Waals surface area contributed by atoms with Crippen molar-refractivity contribution in [3.63, 3.8) is 0 Å². The Morgan fingerprint density at radius 2 is 1.59 bits per heavy atom. The molecule has 1 aliphatic rings. The molecule has 1 aliphatic carbocycles. The molecule has 0 spiro atoms. The predicted molar refractivity (Wildman–Crippen MR) is 123 cm³/mol. The zero-order valence-corrected chi connectivity index (χ0v) is 19.9. The first-order valence-electron chi connectivity index (χ1n) is 9.00. The molecule has 6 nitrogen and oxygen atoms in total. The van der Waals surface area contributed by atoms with Crippen molar-refractivity contribution >= 4 is 59.3 Å². The van der Waals surface area contributed by atoms with Gasteiger partial charge in [0.05, 0.1) is 21.8 Å². The molecule has 1 aromatic heterocycles. The summed E-state index contributed by atoms with van der Waals surface area (Å²) in [6.45, 7) is 2.01. The number of hydrogen-bond acceptors (Lipinski definition) is 5. The first-order chi connectivity index (χ1) is 13.5. The Balaban J connectivity index is 1.99. The van der Waals surface area contributed by atoms with Crippen LogP contribution in [-0.2, 0) is 20.0 Å². The van der Waals surface area contributed by atoms with E-state index in [1.165, 1.54) is 0 Å². The lowest BCUT2D eigenvalue weighted by Gasteiger charge is -2.22. The molecule has 0 saturated heterocycles. The fourth-order valence-corrected chi connectivity index (χ4v) is 7.33. The maximum absolute atomic E-state index is 12.4. The van der Waals surface area contributed by atoms with E-state index in [1.54, 1.807) is 6.07 Å². The largest absolute Gasteiger partial charge is 0.455 e. The first-order valence-corrected chi connectivity index (χ1v) is 13.8. The average molecular weight is 545 g/mol. The van der Waals surface area contributed by atoms with Crippen molar-refractivity contribution < 1.29 is 21.3 Å². The number of furan rings is 1. The standard InChI is InChI=1S/C20H20INO5S2/c1-12-4-6-14(7-5-12)20-19(21)16-10-15(13-8-9-13)17(11-18(16)27-20)22(28(2,23)24)29(3,25)26/h4-7,10-11,13H,8-9H2,1-3H3. The van der Waals surface area contributed by atoms with E-state index in [9.17, 15) is 16.8 Å². The van der Waals surface area contributed by atoms with E-state index in [4.69, 9.17) is 4.42 Å². The van der Waals surface area contributed by atoms with Gasteiger partial charge in [0.25, 0.3) is 0 Å². The quantitative estimate of drug-likeness (QED) is 0.437. The zero-order chi connectivity index (χ0) is 21.1. The van der Waals surface area contributed by atoms with Crippen molar-refractivity contribution in [3.05, 3.63) is 51.1 Å². The number of aryl methyl sites for hydroxylation is 1. The van der Waals surface area contributed by atoms with E-state index in [1.807, 2.05) is 37.3 Å². The summed E-state index contributed by atoms with van der Waals surface area (Å²) in [5.74, 6) is 0.832. The molecule has 0 N–H and O–H groups in total. The fraction of sp³-hybridized carbons (Fsp3) is 0.300. The number of benzene rings is 2. The van der Waals surface area contributed by atoms with E-state index < -0.39 is 20.0 Å². The Kier molecular flexibility index (Phi) is 4.98. The van der Waals surface area contributed by atoms with Gasteiger partial charge in [-0.1, -0.05) is 29.8 Å². The molecule has 4 rings (SSSR count). The molecule has 1 saturated carbocycles. The second kappa shape index (κ2) is 6.98. The molecule has 9 heteroatoms. The molecule has 0 aliphatic heterocycles. The molecule has 0 unspecified atom stereocenters. The van der Waals surface area contributed by atoms with Crippen LogP contribution in [0.3, 0.4) is 0 Å². The molecule has 2 aromatic carbocycles. The molecule has 0 radical (unpaired) electrons. The van der Waals surface area contributed by atoms with Crippen LogP contribution in [0.5, 0.6) is 0 Å². The summed E-state index contributed by atoms with van der Waals surface area (Å²) >= 11 is 2.22. The zero-order valence-electron chi connectivity index (χ0n) is 16.1. The van der Waals surface area contributed by atoms with Crippen LogP contribution in [-0.4, -0.2) is 29.3 Å². The number of anilines is 1. The molecule has 0 atom stereocenters. The topological polar surface area (TPSA) is 84.7 Å². The molecule has 1 heterocycles. The minimum atomic E-state index is -4.03. The summed E-state index contributed by atoms with van der Waals surface area (Å²) in [6, 6.07) is 11.4. The van der Waals surface area contributed by atoms with E-state index in [0.29, 0.717) is 15.1 Å². The number of halogens is 1. The highest BCUT2D eigenvalue weighted by atomic mass is 127. The normalized spacial score (nSPS) is 15.0. The second-order valence-electron chi connectivity index (χ2n) is 7.52. The van der Waals surface area contributed by atoms with Crippen LogP contribution in [0.4, 0.5) is 5.69 Å². The van der Waals surface area contributed by atoms with Crippen LogP contribution in [0.1, 0.15) is 29.9 Å². The van der Waals surface area contributed by atoms with Crippen molar-refractivity contribution in [1.29, 1.82) is 0 Å². The predicted octanol–water partition coefficient (Wildman–Crippen LogP) is 4.62. The third kappa shape index (κ3) is 3.91. The van der Waals surface area contributed by atoms with Gasteiger partial charge in [-0.3, -0.25) is 0 Å². The lowest BCUT2D eigenvalue weighted by molar-refractivity contribution is 0.590. The second-order valence-corrected chi connectivity index (χ2v) is 12.5. The van der Waals surface area contributed by atoms with Crippen LogP contribution >= 0.6 is 22.6 Å². The first kappa shape index (κ1) is 20.7. The van der Waals surface area contributed by atoms with Gasteiger partial charge in [0.2, 0.25) is 20.0 Å². The highest BCUT2D eigenvalue weighted by molar-refractivity contribution is 14.1. The summed E-state index contributed by atoms with van der Waals surface area (Å²) in [7, 11) is -8.06. The summed E-state index contributed by atoms with van der Waals surface area (Å²) in [5.41, 5.74) is 3.39. The van der Waals surface area contributed by atoms with Crippen molar-refractivity contribution in [1.82, 2.24) is 0 Å². The van der Waals surface area contributed by atoms with Gasteiger partial charge in [0, 0.05) is 17.0 Å². The summed E-state index contributed by atoms with van der Waals surface area (Å²) in [5, 5.41) is 0.855. The van der Waals surface area contributed by atoms with Crippen LogP contribution in [0.2, 0.25) is 0 Å². The van der Waals surface area contributed by atoms with Crippen molar-refractivity contribution in [2.75, 3.05) is 16.2 Å². The fourth-order valence-electron chi connectivity index (χ4n) is 3.49. The maximum Gasteiger partial charge on any atom is 0.245 e. The van der Waals surface area contributed by atoms with Crippen molar-refractivity contribution in [2.45, 2.75) is 25.7 Å². The Bertz CT molecular complexity index is 1290. The molecule has 1 fully saturated rings. The van der Waals surface area contributed by atoms with Gasteiger partial charge in [-0.25, -0.2) is 16.8 Å². The molecule has 3 aromatic rings. The Hall–Kier alpha value is -1.59. The van der Waals surface area contributed by atoms with Gasteiger partial charge in [0.1, 0.15) is 11.3 Å². The van der Waals surface area contributed by atoms with E-state index in [0.717, 1.165) is 51.0 Å². The average Bonchev–Trinajstić information content (AvgIpc) is 3.38. The minimum absolute atomic E-state index is 0.147. The van der Waals surface area contributed by atoms with Crippen LogP contribution in [0.15, 0.2) is 40.8 Å². The molecule has 154 valence electrons. The number of rotatable bonds is 5. The number of sulfonamides is 2. The van der Waals surface area contributed by atoms with Gasteiger partial charge >= 0.3 is 0 Å². The van der Waals surface area contributed by atoms with E-state index in [-0.39, 0.29) is 11.6 Å². The van der Waals surface area contributed by atoms with Gasteiger partial charge in [-0.05, 0) is 59.9 Å². The van der Waals surface area contributed by atoms with Gasteiger partial charge in [-0.15, -0.1) is 0 Å². The molecular formula is C20H20INO5S2. The summed E-state index contributed by atoms with van der Waals surface area (Å²) in [4.78, 5) is 0. The monoisotopic (exact) mass is 545 g/mol. The molecule has 29 heavy (non-hydrogen) atoms. The number of nitrogens with zero attached hydrogens (tertiary/aromatic N) is 1. The highest BCUT2D eigenvalue weighted by Crippen LogP contribution is 2.48. The maximum atomic E-state index is 12.4. The highest BCUT2D eigenvalue weighted by Gasteiger charge is 2.35.